The summed E-state index contributed by atoms with van der Waals surface area (Å²) in [4.78, 5) is 10.8. The highest BCUT2D eigenvalue weighted by atomic mass is 31.2. The third kappa shape index (κ3) is 3.67. The molecular formula is C24H33O3P. The number of hydrogen-bond acceptors (Lipinski definition) is 2. The van der Waals surface area contributed by atoms with Crippen LogP contribution in [0.25, 0.3) is 11.1 Å². The molecule has 0 amide bonds. The molecule has 0 aromatic heterocycles. The Morgan fingerprint density at radius 1 is 0.750 bits per heavy atom. The molecule has 1 atom stereocenters. The molecule has 0 aliphatic carbocycles. The number of fused-ring (bicyclic) bond motifs is 3. The van der Waals surface area contributed by atoms with Crippen LogP contribution in [0.5, 0.6) is 5.75 Å². The molecular weight excluding hydrogens is 367 g/mol. The van der Waals surface area contributed by atoms with Gasteiger partial charge in [-0.25, -0.2) is 4.57 Å². The van der Waals surface area contributed by atoms with E-state index in [-0.39, 0.29) is 16.2 Å². The van der Waals surface area contributed by atoms with Crippen LogP contribution in [0, 0.1) is 0 Å². The van der Waals surface area contributed by atoms with E-state index in [1.807, 2.05) is 12.1 Å². The van der Waals surface area contributed by atoms with Crippen molar-refractivity contribution in [2.24, 2.45) is 0 Å². The van der Waals surface area contributed by atoms with Gasteiger partial charge in [0, 0.05) is 16.7 Å². The minimum absolute atomic E-state index is 0.0408. The van der Waals surface area contributed by atoms with Crippen LogP contribution in [-0.4, -0.2) is 4.89 Å². The molecule has 1 aliphatic rings. The van der Waals surface area contributed by atoms with E-state index in [0.717, 1.165) is 22.3 Å². The molecule has 0 spiro atoms. The van der Waals surface area contributed by atoms with Gasteiger partial charge in [-0.3, -0.25) is 0 Å². The Hall–Kier alpha value is -1.57. The van der Waals surface area contributed by atoms with E-state index in [1.165, 1.54) is 5.56 Å². The predicted octanol–water partition coefficient (Wildman–Crippen LogP) is 6.45. The van der Waals surface area contributed by atoms with Crippen LogP contribution in [0.2, 0.25) is 0 Å². The fourth-order valence-electron chi connectivity index (χ4n) is 3.55. The lowest BCUT2D eigenvalue weighted by Gasteiger charge is -2.34. The zero-order valence-corrected chi connectivity index (χ0v) is 19.5. The molecule has 0 radical (unpaired) electrons. The topological polar surface area (TPSA) is 46.5 Å². The van der Waals surface area contributed by atoms with Crippen molar-refractivity contribution in [2.75, 3.05) is 0 Å². The average Bonchev–Trinajstić information content (AvgIpc) is 2.50. The Morgan fingerprint density at radius 3 is 1.82 bits per heavy atom. The second-order valence-corrected chi connectivity index (χ2v) is 12.7. The summed E-state index contributed by atoms with van der Waals surface area (Å²) in [7, 11) is -3.96. The molecule has 28 heavy (non-hydrogen) atoms. The van der Waals surface area contributed by atoms with Crippen molar-refractivity contribution >= 4 is 12.9 Å². The monoisotopic (exact) mass is 400 g/mol. The summed E-state index contributed by atoms with van der Waals surface area (Å²) in [5.41, 5.74) is 4.53. The molecule has 0 saturated carbocycles. The summed E-state index contributed by atoms with van der Waals surface area (Å²) < 4.78 is 19.0. The number of hydrogen-bond donors (Lipinski definition) is 1. The van der Waals surface area contributed by atoms with Crippen LogP contribution in [-0.2, 0) is 20.8 Å². The van der Waals surface area contributed by atoms with Crippen molar-refractivity contribution < 1.29 is 14.0 Å². The molecule has 3 nitrogen and oxygen atoms in total. The van der Waals surface area contributed by atoms with E-state index in [2.05, 4.69) is 80.5 Å². The van der Waals surface area contributed by atoms with E-state index in [4.69, 9.17) is 4.52 Å². The molecule has 1 unspecified atom stereocenters. The van der Waals surface area contributed by atoms with Crippen molar-refractivity contribution in [1.29, 1.82) is 0 Å². The number of rotatable bonds is 0. The fourth-order valence-corrected chi connectivity index (χ4v) is 4.89. The van der Waals surface area contributed by atoms with Gasteiger partial charge in [0.1, 0.15) is 5.75 Å². The zero-order chi connectivity index (χ0) is 21.3. The van der Waals surface area contributed by atoms with Crippen LogP contribution in [0.1, 0.15) is 79.0 Å². The molecule has 1 N–H and O–H groups in total. The second-order valence-electron chi connectivity index (χ2n) is 11.0. The summed E-state index contributed by atoms with van der Waals surface area (Å²) in [5.74, 6) is 0.544. The van der Waals surface area contributed by atoms with Crippen molar-refractivity contribution in [3.8, 4) is 16.9 Å². The highest BCUT2D eigenvalue weighted by Crippen LogP contribution is 2.55. The van der Waals surface area contributed by atoms with Crippen molar-refractivity contribution in [3.05, 3.63) is 47.0 Å². The molecule has 0 fully saturated rings. The molecule has 0 bridgehead atoms. The van der Waals surface area contributed by atoms with Crippen LogP contribution >= 0.6 is 7.60 Å². The predicted molar refractivity (Wildman–Crippen MR) is 118 cm³/mol. The maximum atomic E-state index is 13.2. The Bertz CT molecular complexity index is 983. The van der Waals surface area contributed by atoms with E-state index < -0.39 is 7.60 Å². The van der Waals surface area contributed by atoms with Gasteiger partial charge in [0.15, 0.2) is 0 Å². The SMILES string of the molecule is CC(C)(C)c1cc2c(c(C(C)(C)C)c1)OP(=O)(O)c1cc(C(C)(C)C)ccc1-2. The standard InChI is InChI=1S/C24H33O3P/c1-22(2,3)15-10-11-17-18-12-16(23(4,5)6)13-19(24(7,8)9)21(18)27-28(25,26)20(17)14-15/h10-14H,1-9H3,(H,25,26). The molecule has 3 rings (SSSR count). The van der Waals surface area contributed by atoms with E-state index in [0.29, 0.717) is 11.1 Å². The Labute approximate surface area is 169 Å². The van der Waals surface area contributed by atoms with Gasteiger partial charge >= 0.3 is 7.60 Å². The van der Waals surface area contributed by atoms with Crippen LogP contribution in [0.3, 0.4) is 0 Å². The molecule has 2 aromatic carbocycles. The molecule has 0 saturated heterocycles. The average molecular weight is 400 g/mol. The first-order valence-electron chi connectivity index (χ1n) is 9.89. The maximum Gasteiger partial charge on any atom is 0.408 e. The summed E-state index contributed by atoms with van der Waals surface area (Å²) >= 11 is 0. The highest BCUT2D eigenvalue weighted by molar-refractivity contribution is 7.62. The molecule has 2 aromatic rings. The largest absolute Gasteiger partial charge is 0.420 e. The van der Waals surface area contributed by atoms with E-state index in [9.17, 15) is 9.46 Å². The van der Waals surface area contributed by atoms with Gasteiger partial charge in [0.05, 0.1) is 5.30 Å². The summed E-state index contributed by atoms with van der Waals surface area (Å²) in [6.45, 7) is 19.2. The van der Waals surface area contributed by atoms with Crippen LogP contribution in [0.4, 0.5) is 0 Å². The first kappa shape index (κ1) is 21.1. The molecule has 152 valence electrons. The minimum atomic E-state index is -3.96. The van der Waals surface area contributed by atoms with Gasteiger partial charge in [0.2, 0.25) is 0 Å². The van der Waals surface area contributed by atoms with E-state index in [1.54, 1.807) is 0 Å². The van der Waals surface area contributed by atoms with Gasteiger partial charge in [-0.1, -0.05) is 80.5 Å². The van der Waals surface area contributed by atoms with Crippen molar-refractivity contribution in [2.45, 2.75) is 78.6 Å². The highest BCUT2D eigenvalue weighted by Gasteiger charge is 2.39. The van der Waals surface area contributed by atoms with Crippen LogP contribution in [0.15, 0.2) is 30.3 Å². The van der Waals surface area contributed by atoms with Crippen molar-refractivity contribution in [1.82, 2.24) is 0 Å². The molecule has 1 heterocycles. The normalized spacial score (nSPS) is 19.6. The lowest BCUT2D eigenvalue weighted by molar-refractivity contribution is 0.386. The summed E-state index contributed by atoms with van der Waals surface area (Å²) in [5, 5.41) is 0.401. The van der Waals surface area contributed by atoms with Crippen LogP contribution < -0.4 is 9.83 Å². The van der Waals surface area contributed by atoms with Crippen molar-refractivity contribution in [3.63, 3.8) is 0 Å². The molecule has 4 heteroatoms. The fraction of sp³-hybridized carbons (Fsp3) is 0.500. The number of benzene rings is 2. The first-order chi connectivity index (χ1) is 12.5. The lowest BCUT2D eigenvalue weighted by Crippen LogP contribution is -2.24. The Balaban J connectivity index is 2.39. The smallest absolute Gasteiger partial charge is 0.408 e. The van der Waals surface area contributed by atoms with Gasteiger partial charge in [-0.15, -0.1) is 0 Å². The van der Waals surface area contributed by atoms with Gasteiger partial charge in [-0.05, 0) is 39.5 Å². The van der Waals surface area contributed by atoms with Gasteiger partial charge in [0.25, 0.3) is 0 Å². The Kier molecular flexibility index (Phi) is 4.69. The minimum Gasteiger partial charge on any atom is -0.420 e. The maximum absolute atomic E-state index is 13.2. The summed E-state index contributed by atoms with van der Waals surface area (Å²) in [6.07, 6.45) is 0. The zero-order valence-electron chi connectivity index (χ0n) is 18.6. The molecule has 1 aliphatic heterocycles. The lowest BCUT2D eigenvalue weighted by atomic mass is 9.78. The quantitative estimate of drug-likeness (QED) is 0.517. The first-order valence-corrected chi connectivity index (χ1v) is 11.5. The van der Waals surface area contributed by atoms with E-state index >= 15 is 0 Å². The van der Waals surface area contributed by atoms with Gasteiger partial charge in [-0.2, -0.15) is 0 Å². The van der Waals surface area contributed by atoms with Gasteiger partial charge < -0.3 is 9.42 Å². The third-order valence-corrected chi connectivity index (χ3v) is 6.85. The second kappa shape index (κ2) is 6.21. The Morgan fingerprint density at radius 2 is 1.32 bits per heavy atom. The summed E-state index contributed by atoms with van der Waals surface area (Å²) in [6, 6.07) is 10.2. The third-order valence-electron chi connectivity index (χ3n) is 5.44.